The fraction of sp³-hybridized carbons (Fsp3) is 0.643. The summed E-state index contributed by atoms with van der Waals surface area (Å²) in [4.78, 5) is 34.0. The molecule has 0 saturated carbocycles. The molecule has 0 fully saturated rings. The lowest BCUT2D eigenvalue weighted by atomic mass is 9.88. The molecule has 0 aromatic carbocycles. The first-order valence-corrected chi connectivity index (χ1v) is 6.20. The predicted octanol–water partition coefficient (Wildman–Crippen LogP) is 1.02. The molecule has 6 heteroatoms. The maximum Gasteiger partial charge on any atom is 0.331 e. The van der Waals surface area contributed by atoms with Gasteiger partial charge in [-0.05, 0) is 34.6 Å². The van der Waals surface area contributed by atoms with Crippen LogP contribution in [0.2, 0.25) is 0 Å². The van der Waals surface area contributed by atoms with Gasteiger partial charge in [0.25, 0.3) is 0 Å². The van der Waals surface area contributed by atoms with Crippen molar-refractivity contribution in [2.24, 2.45) is 5.41 Å². The van der Waals surface area contributed by atoms with Gasteiger partial charge in [-0.2, -0.15) is 0 Å². The number of hydrogen-bond donors (Lipinski definition) is 1. The van der Waals surface area contributed by atoms with Crippen LogP contribution < -0.4 is 0 Å². The highest BCUT2D eigenvalue weighted by atomic mass is 16.6. The van der Waals surface area contributed by atoms with Crippen molar-refractivity contribution in [3.8, 4) is 0 Å². The Kier molecular flexibility index (Phi) is 6.58. The molecule has 0 aliphatic carbocycles. The van der Waals surface area contributed by atoms with E-state index in [9.17, 15) is 14.4 Å². The lowest BCUT2D eigenvalue weighted by molar-refractivity contribution is -0.150. The highest BCUT2D eigenvalue weighted by Crippen LogP contribution is 2.17. The van der Waals surface area contributed by atoms with Crippen molar-refractivity contribution < 1.29 is 29.0 Å². The predicted molar refractivity (Wildman–Crippen MR) is 71.8 cm³/mol. The zero-order valence-corrected chi connectivity index (χ0v) is 12.6. The molecule has 1 N–H and O–H groups in total. The van der Waals surface area contributed by atoms with Crippen LogP contribution in [0.1, 0.15) is 34.6 Å². The van der Waals surface area contributed by atoms with Crippen molar-refractivity contribution in [3.05, 3.63) is 12.2 Å². The summed E-state index contributed by atoms with van der Waals surface area (Å²) in [5.74, 6) is -1.73. The van der Waals surface area contributed by atoms with E-state index in [0.717, 1.165) is 12.2 Å². The average molecular weight is 286 g/mol. The first-order chi connectivity index (χ1) is 9.00. The summed E-state index contributed by atoms with van der Waals surface area (Å²) in [7, 11) is 0. The summed E-state index contributed by atoms with van der Waals surface area (Å²) in [5.41, 5.74) is -1.77. The number of aliphatic hydroxyl groups excluding tert-OH is 1. The van der Waals surface area contributed by atoms with Gasteiger partial charge in [-0.3, -0.25) is 4.79 Å². The van der Waals surface area contributed by atoms with Crippen LogP contribution in [-0.2, 0) is 23.9 Å². The number of esters is 2. The molecule has 0 amide bonds. The van der Waals surface area contributed by atoms with Crippen LogP contribution in [0.15, 0.2) is 12.2 Å². The zero-order valence-electron chi connectivity index (χ0n) is 12.6. The van der Waals surface area contributed by atoms with Gasteiger partial charge in [-0.15, -0.1) is 0 Å². The standard InChI is InChI=1S/C14H22O6/c1-10(16)14(5,8-15)9-19-11(17)6-7-12(18)20-13(2,3)4/h6-7,15H,8-9H2,1-5H3/b7-6+. The van der Waals surface area contributed by atoms with Crippen LogP contribution in [-0.4, -0.2) is 41.6 Å². The summed E-state index contributed by atoms with van der Waals surface area (Å²) in [6.07, 6.45) is 1.88. The van der Waals surface area contributed by atoms with E-state index < -0.39 is 29.6 Å². The van der Waals surface area contributed by atoms with E-state index in [1.165, 1.54) is 13.8 Å². The second kappa shape index (κ2) is 7.19. The van der Waals surface area contributed by atoms with Crippen molar-refractivity contribution in [2.45, 2.75) is 40.2 Å². The molecule has 0 bridgehead atoms. The molecule has 0 aliphatic rings. The Morgan fingerprint density at radius 1 is 1.05 bits per heavy atom. The molecule has 0 aromatic rings. The van der Waals surface area contributed by atoms with Gasteiger partial charge in [0.05, 0.1) is 12.0 Å². The van der Waals surface area contributed by atoms with Crippen molar-refractivity contribution in [1.82, 2.24) is 0 Å². The van der Waals surface area contributed by atoms with E-state index in [-0.39, 0.29) is 12.4 Å². The first-order valence-electron chi connectivity index (χ1n) is 6.20. The molecule has 0 saturated heterocycles. The lowest BCUT2D eigenvalue weighted by Gasteiger charge is -2.22. The third-order valence-electron chi connectivity index (χ3n) is 2.49. The average Bonchev–Trinajstić information content (AvgIpc) is 2.31. The highest BCUT2D eigenvalue weighted by Gasteiger charge is 2.30. The lowest BCUT2D eigenvalue weighted by Crippen LogP contribution is -2.35. The molecule has 0 aliphatic heterocycles. The van der Waals surface area contributed by atoms with Crippen molar-refractivity contribution in [1.29, 1.82) is 0 Å². The van der Waals surface area contributed by atoms with Gasteiger partial charge in [-0.25, -0.2) is 9.59 Å². The normalized spacial score (nSPS) is 14.7. The Labute approximate surface area is 118 Å². The number of carbonyl (C=O) groups is 3. The maximum atomic E-state index is 11.4. The Balaban J connectivity index is 4.38. The fourth-order valence-corrected chi connectivity index (χ4v) is 1.01. The molecule has 0 rings (SSSR count). The number of Topliss-reactive ketones (excluding diaryl/α,β-unsaturated/α-hetero) is 1. The minimum atomic E-state index is -1.13. The Bertz CT molecular complexity index is 404. The van der Waals surface area contributed by atoms with Crippen LogP contribution in [0.25, 0.3) is 0 Å². The van der Waals surface area contributed by atoms with E-state index >= 15 is 0 Å². The Morgan fingerprint density at radius 3 is 1.95 bits per heavy atom. The molecule has 6 nitrogen and oxygen atoms in total. The Hall–Kier alpha value is -1.69. The van der Waals surface area contributed by atoms with Gasteiger partial charge in [-0.1, -0.05) is 0 Å². The largest absolute Gasteiger partial charge is 0.461 e. The summed E-state index contributed by atoms with van der Waals surface area (Å²) in [6, 6.07) is 0. The summed E-state index contributed by atoms with van der Waals surface area (Å²) in [6.45, 7) is 7.23. The molecule has 20 heavy (non-hydrogen) atoms. The van der Waals surface area contributed by atoms with Gasteiger partial charge in [0.1, 0.15) is 18.0 Å². The minimum Gasteiger partial charge on any atom is -0.461 e. The zero-order chi connectivity index (χ0) is 16.0. The minimum absolute atomic E-state index is 0.254. The van der Waals surface area contributed by atoms with Gasteiger partial charge >= 0.3 is 11.9 Å². The molecule has 1 atom stereocenters. The van der Waals surface area contributed by atoms with E-state index in [4.69, 9.17) is 14.6 Å². The number of ether oxygens (including phenoxy) is 2. The number of ketones is 1. The van der Waals surface area contributed by atoms with Crippen LogP contribution >= 0.6 is 0 Å². The van der Waals surface area contributed by atoms with Crippen molar-refractivity contribution >= 4 is 17.7 Å². The second-order valence-electron chi connectivity index (χ2n) is 5.75. The molecule has 0 spiro atoms. The van der Waals surface area contributed by atoms with E-state index in [2.05, 4.69) is 0 Å². The monoisotopic (exact) mass is 286 g/mol. The van der Waals surface area contributed by atoms with E-state index in [0.29, 0.717) is 0 Å². The fourth-order valence-electron chi connectivity index (χ4n) is 1.01. The van der Waals surface area contributed by atoms with Gasteiger partial charge in [0.15, 0.2) is 0 Å². The van der Waals surface area contributed by atoms with Crippen LogP contribution in [0.5, 0.6) is 0 Å². The third-order valence-corrected chi connectivity index (χ3v) is 2.49. The summed E-state index contributed by atoms with van der Waals surface area (Å²) < 4.78 is 9.79. The molecule has 0 heterocycles. The maximum absolute atomic E-state index is 11.4. The number of carbonyl (C=O) groups excluding carboxylic acids is 3. The van der Waals surface area contributed by atoms with Crippen LogP contribution in [0, 0.1) is 5.41 Å². The first kappa shape index (κ1) is 18.3. The summed E-state index contributed by atoms with van der Waals surface area (Å²) in [5, 5.41) is 9.11. The number of aliphatic hydroxyl groups is 1. The molecule has 1 unspecified atom stereocenters. The quantitative estimate of drug-likeness (QED) is 0.579. The molecular weight excluding hydrogens is 264 g/mol. The van der Waals surface area contributed by atoms with Crippen molar-refractivity contribution in [2.75, 3.05) is 13.2 Å². The molecule has 0 aromatic heterocycles. The Morgan fingerprint density at radius 2 is 1.55 bits per heavy atom. The third kappa shape index (κ3) is 7.04. The van der Waals surface area contributed by atoms with Gasteiger partial charge < -0.3 is 14.6 Å². The highest BCUT2D eigenvalue weighted by molar-refractivity contribution is 5.92. The molecular formula is C14H22O6. The van der Waals surface area contributed by atoms with Crippen LogP contribution in [0.3, 0.4) is 0 Å². The van der Waals surface area contributed by atoms with Gasteiger partial charge in [0.2, 0.25) is 0 Å². The molecule has 114 valence electrons. The molecule has 0 radical (unpaired) electrons. The second-order valence-corrected chi connectivity index (χ2v) is 5.75. The topological polar surface area (TPSA) is 89.9 Å². The van der Waals surface area contributed by atoms with Gasteiger partial charge in [0, 0.05) is 12.2 Å². The smallest absolute Gasteiger partial charge is 0.331 e. The van der Waals surface area contributed by atoms with Crippen molar-refractivity contribution in [3.63, 3.8) is 0 Å². The van der Waals surface area contributed by atoms with E-state index in [1.54, 1.807) is 20.8 Å². The van der Waals surface area contributed by atoms with E-state index in [1.807, 2.05) is 0 Å². The number of hydrogen-bond acceptors (Lipinski definition) is 6. The SMILES string of the molecule is CC(=O)C(C)(CO)COC(=O)/C=C/C(=O)OC(C)(C)C. The van der Waals surface area contributed by atoms with Crippen LogP contribution in [0.4, 0.5) is 0 Å². The number of rotatable bonds is 6. The summed E-state index contributed by atoms with van der Waals surface area (Å²) >= 11 is 0.